The maximum absolute atomic E-state index is 13.3. The van der Waals surface area contributed by atoms with Crippen LogP contribution in [0.1, 0.15) is 29.6 Å². The molecule has 0 spiro atoms. The number of hydrogen-bond donors (Lipinski definition) is 1. The summed E-state index contributed by atoms with van der Waals surface area (Å²) in [5.74, 6) is 0.115. The highest BCUT2D eigenvalue weighted by atomic mass is 79.9. The number of alkyl halides is 3. The van der Waals surface area contributed by atoms with Crippen molar-refractivity contribution in [2.75, 3.05) is 5.32 Å². The van der Waals surface area contributed by atoms with E-state index >= 15 is 0 Å². The Bertz CT molecular complexity index is 730. The summed E-state index contributed by atoms with van der Waals surface area (Å²) in [6.07, 6.45) is -3.45. The number of nitriles is 1. The van der Waals surface area contributed by atoms with E-state index in [0.717, 1.165) is 20.9 Å². The monoisotopic (exact) mass is 370 g/mol. The standard InChI is InChI=1S/C14H10BrF3N4/c15-10-3-1-8(2-4-10)11-5-12(14(16,17)18)22-13(21-11)9(6-19)7-20-22/h1-4,7,11-12,21H,5H2/t11-,12+/m1/s1. The van der Waals surface area contributed by atoms with Crippen molar-refractivity contribution in [1.29, 1.82) is 5.26 Å². The highest BCUT2D eigenvalue weighted by Crippen LogP contribution is 2.44. The van der Waals surface area contributed by atoms with Crippen LogP contribution in [0.25, 0.3) is 0 Å². The van der Waals surface area contributed by atoms with Crippen molar-refractivity contribution in [3.8, 4) is 6.07 Å². The van der Waals surface area contributed by atoms with Gasteiger partial charge in [-0.05, 0) is 17.7 Å². The number of aromatic nitrogens is 2. The second-order valence-corrected chi connectivity index (χ2v) is 5.92. The van der Waals surface area contributed by atoms with Gasteiger partial charge in [-0.1, -0.05) is 28.1 Å². The van der Waals surface area contributed by atoms with Gasteiger partial charge in [-0.3, -0.25) is 0 Å². The third-order valence-corrected chi connectivity index (χ3v) is 4.16. The lowest BCUT2D eigenvalue weighted by molar-refractivity contribution is -0.173. The van der Waals surface area contributed by atoms with Gasteiger partial charge in [0.25, 0.3) is 0 Å². The van der Waals surface area contributed by atoms with Gasteiger partial charge >= 0.3 is 6.18 Å². The molecule has 0 aliphatic carbocycles. The fourth-order valence-corrected chi connectivity index (χ4v) is 2.82. The first-order chi connectivity index (χ1) is 10.4. The van der Waals surface area contributed by atoms with Crippen molar-refractivity contribution in [2.24, 2.45) is 0 Å². The molecule has 2 aromatic rings. The summed E-state index contributed by atoms with van der Waals surface area (Å²) in [5, 5.41) is 15.8. The second kappa shape index (κ2) is 5.32. The largest absolute Gasteiger partial charge is 0.410 e. The lowest BCUT2D eigenvalue weighted by Crippen LogP contribution is -2.35. The van der Waals surface area contributed by atoms with Crippen LogP contribution in [0.5, 0.6) is 0 Å². The molecular formula is C14H10BrF3N4. The molecular weight excluding hydrogens is 361 g/mol. The highest BCUT2D eigenvalue weighted by molar-refractivity contribution is 9.10. The van der Waals surface area contributed by atoms with Gasteiger partial charge in [0.2, 0.25) is 0 Å². The predicted molar refractivity (Wildman–Crippen MR) is 77.2 cm³/mol. The van der Waals surface area contributed by atoms with E-state index in [0.29, 0.717) is 0 Å². The maximum atomic E-state index is 13.3. The smallest absolute Gasteiger partial charge is 0.362 e. The second-order valence-electron chi connectivity index (χ2n) is 5.00. The molecule has 22 heavy (non-hydrogen) atoms. The fourth-order valence-electron chi connectivity index (χ4n) is 2.56. The lowest BCUT2D eigenvalue weighted by Gasteiger charge is -2.33. The van der Waals surface area contributed by atoms with Gasteiger partial charge in [0, 0.05) is 10.9 Å². The average Bonchev–Trinajstić information content (AvgIpc) is 2.88. The molecule has 0 saturated heterocycles. The Kier molecular flexibility index (Phi) is 3.60. The summed E-state index contributed by atoms with van der Waals surface area (Å²) < 4.78 is 41.6. The van der Waals surface area contributed by atoms with Crippen LogP contribution < -0.4 is 5.32 Å². The molecule has 3 rings (SSSR count). The van der Waals surface area contributed by atoms with E-state index in [-0.39, 0.29) is 17.8 Å². The molecule has 8 heteroatoms. The third-order valence-electron chi connectivity index (χ3n) is 3.63. The summed E-state index contributed by atoms with van der Waals surface area (Å²) in [7, 11) is 0. The van der Waals surface area contributed by atoms with Crippen LogP contribution in [-0.2, 0) is 0 Å². The molecule has 0 radical (unpaired) electrons. The van der Waals surface area contributed by atoms with Crippen molar-refractivity contribution in [2.45, 2.75) is 24.7 Å². The van der Waals surface area contributed by atoms with Crippen molar-refractivity contribution >= 4 is 21.7 Å². The van der Waals surface area contributed by atoms with E-state index < -0.39 is 18.3 Å². The van der Waals surface area contributed by atoms with Gasteiger partial charge < -0.3 is 5.32 Å². The zero-order valence-corrected chi connectivity index (χ0v) is 12.7. The Labute approximate surface area is 132 Å². The molecule has 0 saturated carbocycles. The van der Waals surface area contributed by atoms with Crippen LogP contribution in [0.15, 0.2) is 34.9 Å². The molecule has 114 valence electrons. The summed E-state index contributed by atoms with van der Waals surface area (Å²) in [4.78, 5) is 0. The van der Waals surface area contributed by atoms with Crippen molar-refractivity contribution in [3.05, 3.63) is 46.1 Å². The van der Waals surface area contributed by atoms with E-state index in [1.807, 2.05) is 6.07 Å². The van der Waals surface area contributed by atoms with Gasteiger partial charge in [-0.2, -0.15) is 23.5 Å². The van der Waals surface area contributed by atoms with Crippen LogP contribution in [0.2, 0.25) is 0 Å². The molecule has 1 aromatic heterocycles. The van der Waals surface area contributed by atoms with Crippen LogP contribution in [0.3, 0.4) is 0 Å². The zero-order chi connectivity index (χ0) is 15.9. The van der Waals surface area contributed by atoms with Crippen molar-refractivity contribution < 1.29 is 13.2 Å². The Morgan fingerprint density at radius 2 is 2.00 bits per heavy atom. The van der Waals surface area contributed by atoms with Gasteiger partial charge in [0.15, 0.2) is 6.04 Å². The van der Waals surface area contributed by atoms with Crippen molar-refractivity contribution in [3.63, 3.8) is 0 Å². The Morgan fingerprint density at radius 1 is 1.32 bits per heavy atom. The number of nitrogens with zero attached hydrogens (tertiary/aromatic N) is 3. The topological polar surface area (TPSA) is 53.6 Å². The maximum Gasteiger partial charge on any atom is 0.410 e. The van der Waals surface area contributed by atoms with Crippen LogP contribution in [0, 0.1) is 11.3 Å². The Balaban J connectivity index is 2.03. The Morgan fingerprint density at radius 3 is 2.59 bits per heavy atom. The van der Waals surface area contributed by atoms with Crippen LogP contribution >= 0.6 is 15.9 Å². The third kappa shape index (κ3) is 2.57. The number of rotatable bonds is 1. The van der Waals surface area contributed by atoms with E-state index in [1.54, 1.807) is 24.3 Å². The summed E-state index contributed by atoms with van der Waals surface area (Å²) in [6.45, 7) is 0. The van der Waals surface area contributed by atoms with Crippen molar-refractivity contribution in [1.82, 2.24) is 9.78 Å². The first kappa shape index (κ1) is 14.9. The van der Waals surface area contributed by atoms with Gasteiger partial charge in [0.1, 0.15) is 17.5 Å². The molecule has 2 atom stereocenters. The van der Waals surface area contributed by atoms with Crippen LogP contribution in [-0.4, -0.2) is 16.0 Å². The minimum atomic E-state index is -4.43. The number of nitrogens with one attached hydrogen (secondary N) is 1. The lowest BCUT2D eigenvalue weighted by atomic mass is 9.97. The summed E-state index contributed by atoms with van der Waals surface area (Å²) in [5.41, 5.74) is 0.838. The minimum Gasteiger partial charge on any atom is -0.362 e. The normalized spacial score (nSPS) is 20.9. The number of benzene rings is 1. The number of hydrogen-bond acceptors (Lipinski definition) is 3. The van der Waals surface area contributed by atoms with Gasteiger partial charge in [0.05, 0.1) is 12.2 Å². The van der Waals surface area contributed by atoms with Gasteiger partial charge in [-0.15, -0.1) is 0 Å². The number of fused-ring (bicyclic) bond motifs is 1. The van der Waals surface area contributed by atoms with E-state index in [4.69, 9.17) is 5.26 Å². The Hall–Kier alpha value is -2.01. The zero-order valence-electron chi connectivity index (χ0n) is 11.1. The van der Waals surface area contributed by atoms with E-state index in [1.165, 1.54) is 0 Å². The SMILES string of the molecule is N#Cc1cnn2c1N[C@@H](c1ccc(Br)cc1)C[C@H]2C(F)(F)F. The molecule has 0 amide bonds. The van der Waals surface area contributed by atoms with Gasteiger partial charge in [-0.25, -0.2) is 4.68 Å². The molecule has 2 heterocycles. The minimum absolute atomic E-state index is 0.107. The molecule has 1 aliphatic heterocycles. The average molecular weight is 371 g/mol. The molecule has 0 fully saturated rings. The van der Waals surface area contributed by atoms with E-state index in [9.17, 15) is 13.2 Å². The van der Waals surface area contributed by atoms with Crippen LogP contribution in [0.4, 0.5) is 19.0 Å². The van der Waals surface area contributed by atoms with E-state index in [2.05, 4.69) is 26.3 Å². The number of halogens is 4. The fraction of sp³-hybridized carbons (Fsp3) is 0.286. The predicted octanol–water partition coefficient (Wildman–Crippen LogP) is 4.18. The molecule has 1 aromatic carbocycles. The molecule has 0 unspecified atom stereocenters. The molecule has 1 aliphatic rings. The highest BCUT2D eigenvalue weighted by Gasteiger charge is 2.46. The number of anilines is 1. The summed E-state index contributed by atoms with van der Waals surface area (Å²) in [6, 6.07) is 6.65. The first-order valence-electron chi connectivity index (χ1n) is 6.46. The quantitative estimate of drug-likeness (QED) is 0.819. The first-order valence-corrected chi connectivity index (χ1v) is 7.26. The molecule has 0 bridgehead atoms. The molecule has 1 N–H and O–H groups in total. The summed E-state index contributed by atoms with van der Waals surface area (Å²) >= 11 is 3.30. The molecule has 4 nitrogen and oxygen atoms in total.